The summed E-state index contributed by atoms with van der Waals surface area (Å²) >= 11 is 1.54. The molecule has 4 amide bonds. The number of thiazole rings is 1. The lowest BCUT2D eigenvalue weighted by Gasteiger charge is -2.22. The van der Waals surface area contributed by atoms with Crippen LogP contribution in [0.3, 0.4) is 0 Å². The first-order valence-corrected chi connectivity index (χ1v) is 15.9. The predicted molar refractivity (Wildman–Crippen MR) is 173 cm³/mol. The van der Waals surface area contributed by atoms with Crippen molar-refractivity contribution in [2.24, 2.45) is 5.92 Å². The van der Waals surface area contributed by atoms with Crippen LogP contribution >= 0.6 is 11.3 Å². The molecule has 1 saturated heterocycles. The molecule has 2 heterocycles. The number of urea groups is 1. The molecule has 4 rings (SSSR count). The lowest BCUT2D eigenvalue weighted by atomic mass is 9.98. The Kier molecular flexibility index (Phi) is 11.7. The SMILES string of the molecule is C=C(CN1CCCC1)C(=O)NCC(CNC(=O)[C@H](Cc1nc2ccc(C(C)C)cc2s1)NC(=O)NC)Cc1ccccc1. The quantitative estimate of drug-likeness (QED) is 0.208. The average Bonchev–Trinajstić information content (AvgIpc) is 3.67. The van der Waals surface area contributed by atoms with E-state index in [2.05, 4.69) is 58.7 Å². The van der Waals surface area contributed by atoms with E-state index in [-0.39, 0.29) is 24.2 Å². The fraction of sp³-hybridized carbons (Fsp3) is 0.455. The molecule has 0 radical (unpaired) electrons. The molecule has 1 fully saturated rings. The molecule has 1 aromatic heterocycles. The number of fused-ring (bicyclic) bond motifs is 1. The Morgan fingerprint density at radius 2 is 1.72 bits per heavy atom. The van der Waals surface area contributed by atoms with Crippen LogP contribution in [-0.4, -0.2) is 73.5 Å². The minimum absolute atomic E-state index is 0.0626. The number of carbonyl (C=O) groups is 3. The molecule has 0 bridgehead atoms. The molecule has 1 unspecified atom stereocenters. The van der Waals surface area contributed by atoms with Crippen LogP contribution in [0.15, 0.2) is 60.7 Å². The van der Waals surface area contributed by atoms with Crippen molar-refractivity contribution in [1.29, 1.82) is 0 Å². The number of amides is 4. The second kappa shape index (κ2) is 15.6. The minimum Gasteiger partial charge on any atom is -0.354 e. The Bertz CT molecular complexity index is 1400. The van der Waals surface area contributed by atoms with Crippen molar-refractivity contribution in [2.45, 2.75) is 51.5 Å². The first-order valence-electron chi connectivity index (χ1n) is 15.1. The van der Waals surface area contributed by atoms with Gasteiger partial charge in [-0.1, -0.05) is 56.8 Å². The van der Waals surface area contributed by atoms with Crippen LogP contribution < -0.4 is 21.3 Å². The second-order valence-electron chi connectivity index (χ2n) is 11.6. The van der Waals surface area contributed by atoms with Gasteiger partial charge < -0.3 is 21.3 Å². The highest BCUT2D eigenvalue weighted by Crippen LogP contribution is 2.27. The zero-order valence-electron chi connectivity index (χ0n) is 25.4. The highest BCUT2D eigenvalue weighted by molar-refractivity contribution is 7.18. The van der Waals surface area contributed by atoms with Gasteiger partial charge in [-0.3, -0.25) is 14.5 Å². The normalized spacial score (nSPS) is 14.8. The highest BCUT2D eigenvalue weighted by Gasteiger charge is 2.24. The summed E-state index contributed by atoms with van der Waals surface area (Å²) in [5, 5.41) is 12.2. The van der Waals surface area contributed by atoms with Crippen molar-refractivity contribution in [1.82, 2.24) is 31.2 Å². The number of benzene rings is 2. The third-order valence-electron chi connectivity index (χ3n) is 7.77. The summed E-state index contributed by atoms with van der Waals surface area (Å²) in [5.74, 6) is -0.118. The van der Waals surface area contributed by atoms with E-state index < -0.39 is 12.1 Å². The minimum atomic E-state index is -0.808. The zero-order chi connectivity index (χ0) is 30.8. The number of carbonyl (C=O) groups excluding carboxylic acids is 3. The number of nitrogens with zero attached hydrogens (tertiary/aromatic N) is 2. The third-order valence-corrected chi connectivity index (χ3v) is 8.81. The second-order valence-corrected chi connectivity index (χ2v) is 12.7. The molecule has 1 aliphatic rings. The largest absolute Gasteiger partial charge is 0.354 e. The van der Waals surface area contributed by atoms with E-state index in [4.69, 9.17) is 4.98 Å². The highest BCUT2D eigenvalue weighted by atomic mass is 32.1. The maximum absolute atomic E-state index is 13.5. The molecule has 230 valence electrons. The Balaban J connectivity index is 1.41. The van der Waals surface area contributed by atoms with Crippen LogP contribution in [0, 0.1) is 5.92 Å². The van der Waals surface area contributed by atoms with E-state index in [1.54, 1.807) is 0 Å². The van der Waals surface area contributed by atoms with Crippen molar-refractivity contribution in [3.63, 3.8) is 0 Å². The zero-order valence-corrected chi connectivity index (χ0v) is 26.3. The summed E-state index contributed by atoms with van der Waals surface area (Å²) < 4.78 is 1.06. The predicted octanol–water partition coefficient (Wildman–Crippen LogP) is 4.00. The summed E-state index contributed by atoms with van der Waals surface area (Å²) in [4.78, 5) is 45.6. The number of hydrogen-bond donors (Lipinski definition) is 4. The van der Waals surface area contributed by atoms with E-state index in [0.29, 0.717) is 37.5 Å². The van der Waals surface area contributed by atoms with E-state index in [9.17, 15) is 14.4 Å². The van der Waals surface area contributed by atoms with Gasteiger partial charge in [-0.25, -0.2) is 9.78 Å². The van der Waals surface area contributed by atoms with E-state index in [0.717, 1.165) is 46.7 Å². The molecule has 43 heavy (non-hydrogen) atoms. The fourth-order valence-electron chi connectivity index (χ4n) is 5.23. The van der Waals surface area contributed by atoms with Crippen molar-refractivity contribution in [3.05, 3.63) is 76.8 Å². The van der Waals surface area contributed by atoms with Gasteiger partial charge in [-0.2, -0.15) is 0 Å². The number of nitrogens with one attached hydrogen (secondary N) is 4. The molecule has 0 aliphatic carbocycles. The van der Waals surface area contributed by atoms with Crippen LogP contribution in [0.4, 0.5) is 4.79 Å². The summed E-state index contributed by atoms with van der Waals surface area (Å²) in [5.41, 5.74) is 3.78. The van der Waals surface area contributed by atoms with Crippen LogP contribution in [0.2, 0.25) is 0 Å². The van der Waals surface area contributed by atoms with Gasteiger partial charge in [-0.15, -0.1) is 11.3 Å². The van der Waals surface area contributed by atoms with E-state index in [1.165, 1.54) is 23.9 Å². The van der Waals surface area contributed by atoms with Crippen LogP contribution in [0.25, 0.3) is 10.2 Å². The lowest BCUT2D eigenvalue weighted by Crippen LogP contribution is -2.51. The van der Waals surface area contributed by atoms with Crippen LogP contribution in [0.1, 0.15) is 48.7 Å². The fourth-order valence-corrected chi connectivity index (χ4v) is 6.29. The molecule has 10 heteroatoms. The Hall–Kier alpha value is -3.76. The lowest BCUT2D eigenvalue weighted by molar-refractivity contribution is -0.123. The Morgan fingerprint density at radius 3 is 2.42 bits per heavy atom. The Morgan fingerprint density at radius 1 is 1.00 bits per heavy atom. The van der Waals surface area contributed by atoms with Crippen molar-refractivity contribution in [3.8, 4) is 0 Å². The van der Waals surface area contributed by atoms with Gasteiger partial charge >= 0.3 is 6.03 Å². The molecule has 0 saturated carbocycles. The van der Waals surface area contributed by atoms with Crippen molar-refractivity contribution < 1.29 is 14.4 Å². The summed E-state index contributed by atoms with van der Waals surface area (Å²) in [6, 6.07) is 15.0. The number of aromatic nitrogens is 1. The molecular weight excluding hydrogens is 560 g/mol. The molecule has 1 aliphatic heterocycles. The Labute approximate surface area is 258 Å². The maximum Gasteiger partial charge on any atom is 0.315 e. The number of rotatable bonds is 14. The third kappa shape index (κ3) is 9.62. The topological polar surface area (TPSA) is 115 Å². The monoisotopic (exact) mass is 604 g/mol. The van der Waals surface area contributed by atoms with E-state index in [1.807, 2.05) is 36.4 Å². The van der Waals surface area contributed by atoms with Gasteiger partial charge in [0.15, 0.2) is 0 Å². The smallest absolute Gasteiger partial charge is 0.315 e. The standard InChI is InChI=1S/C33H44N6O3S/c1-22(2)26-12-13-27-29(17-26)43-30(37-27)18-28(38-33(42)34-4)32(41)36-20-25(16-24-10-6-5-7-11-24)19-35-31(40)23(3)21-39-14-8-9-15-39/h5-7,10-13,17,22,25,28H,3,8-9,14-16,18-21H2,1-2,4H3,(H,35,40)(H,36,41)(H2,34,38,42)/t25?,28-/m0/s1. The summed E-state index contributed by atoms with van der Waals surface area (Å²) in [6.45, 7) is 11.6. The molecular formula is C33H44N6O3S. The maximum atomic E-state index is 13.5. The van der Waals surface area contributed by atoms with Gasteiger partial charge in [-0.05, 0) is 67.4 Å². The van der Waals surface area contributed by atoms with E-state index >= 15 is 0 Å². The molecule has 0 spiro atoms. The van der Waals surface area contributed by atoms with Crippen LogP contribution in [0.5, 0.6) is 0 Å². The van der Waals surface area contributed by atoms with Gasteiger partial charge in [0.2, 0.25) is 11.8 Å². The summed E-state index contributed by atoms with van der Waals surface area (Å²) in [7, 11) is 1.52. The first-order chi connectivity index (χ1) is 20.7. The molecule has 2 aromatic carbocycles. The molecule has 3 aromatic rings. The number of hydrogen-bond acceptors (Lipinski definition) is 6. The van der Waals surface area contributed by atoms with Crippen molar-refractivity contribution >= 4 is 39.4 Å². The molecule has 4 N–H and O–H groups in total. The average molecular weight is 605 g/mol. The molecule has 2 atom stereocenters. The van der Waals surface area contributed by atoms with Crippen molar-refractivity contribution in [2.75, 3.05) is 39.8 Å². The first kappa shape index (κ1) is 32.2. The van der Waals surface area contributed by atoms with Gasteiger partial charge in [0, 0.05) is 38.7 Å². The number of likely N-dealkylation sites (tertiary alicyclic amines) is 1. The van der Waals surface area contributed by atoms with Crippen LogP contribution in [-0.2, 0) is 22.4 Å². The summed E-state index contributed by atoms with van der Waals surface area (Å²) in [6.07, 6.45) is 3.25. The molecule has 9 nitrogen and oxygen atoms in total. The van der Waals surface area contributed by atoms with Gasteiger partial charge in [0.05, 0.1) is 15.2 Å². The van der Waals surface area contributed by atoms with Gasteiger partial charge in [0.1, 0.15) is 6.04 Å². The van der Waals surface area contributed by atoms with Gasteiger partial charge in [0.25, 0.3) is 0 Å².